The van der Waals surface area contributed by atoms with Gasteiger partial charge in [-0.25, -0.2) is 9.97 Å². The fourth-order valence-electron chi connectivity index (χ4n) is 3.00. The van der Waals surface area contributed by atoms with Crippen molar-refractivity contribution in [2.45, 2.75) is 19.8 Å². The second kappa shape index (κ2) is 6.58. The highest BCUT2D eigenvalue weighted by Gasteiger charge is 2.22. The molecule has 0 aliphatic carbocycles. The molecule has 0 atom stereocenters. The van der Waals surface area contributed by atoms with E-state index in [2.05, 4.69) is 22.2 Å². The SMILES string of the molecule is CC1CCN(C(=O)c2cnc(Nc3ccc4c(c3)OCO4)nc2)CC1. The molecular weight excluding hydrogens is 320 g/mol. The molecule has 3 heterocycles. The maximum atomic E-state index is 12.5. The van der Waals surface area contributed by atoms with Crippen LogP contribution in [0.25, 0.3) is 0 Å². The minimum atomic E-state index is 0.00142. The molecule has 0 unspecified atom stereocenters. The number of hydrogen-bond acceptors (Lipinski definition) is 6. The maximum Gasteiger partial charge on any atom is 0.256 e. The predicted octanol–water partition coefficient (Wildman–Crippen LogP) is 2.82. The number of likely N-dealkylation sites (tertiary alicyclic amines) is 1. The monoisotopic (exact) mass is 340 g/mol. The van der Waals surface area contributed by atoms with Gasteiger partial charge in [-0.15, -0.1) is 0 Å². The third-order valence-electron chi connectivity index (χ3n) is 4.60. The molecule has 1 aromatic heterocycles. The summed E-state index contributed by atoms with van der Waals surface area (Å²) in [6.45, 7) is 4.07. The van der Waals surface area contributed by atoms with Crippen molar-refractivity contribution in [2.24, 2.45) is 5.92 Å². The second-order valence-corrected chi connectivity index (χ2v) is 6.46. The first-order valence-electron chi connectivity index (χ1n) is 8.47. The standard InChI is InChI=1S/C18H20N4O3/c1-12-4-6-22(7-5-12)17(23)13-9-19-18(20-10-13)21-14-2-3-15-16(8-14)25-11-24-15/h2-3,8-10,12H,4-7,11H2,1H3,(H,19,20,21). The minimum absolute atomic E-state index is 0.00142. The molecule has 0 saturated carbocycles. The number of benzene rings is 1. The van der Waals surface area contributed by atoms with Crippen molar-refractivity contribution in [1.29, 1.82) is 0 Å². The van der Waals surface area contributed by atoms with Crippen molar-refractivity contribution in [1.82, 2.24) is 14.9 Å². The Morgan fingerprint density at radius 3 is 2.64 bits per heavy atom. The average molecular weight is 340 g/mol. The van der Waals surface area contributed by atoms with Crippen molar-refractivity contribution in [3.63, 3.8) is 0 Å². The summed E-state index contributed by atoms with van der Waals surface area (Å²) in [5.74, 6) is 2.54. The van der Waals surface area contributed by atoms with Crippen LogP contribution in [0.3, 0.4) is 0 Å². The number of nitrogens with one attached hydrogen (secondary N) is 1. The molecule has 0 bridgehead atoms. The predicted molar refractivity (Wildman–Crippen MR) is 92.2 cm³/mol. The number of rotatable bonds is 3. The van der Waals surface area contributed by atoms with Crippen LogP contribution < -0.4 is 14.8 Å². The van der Waals surface area contributed by atoms with E-state index < -0.39 is 0 Å². The van der Waals surface area contributed by atoms with Crippen LogP contribution in [0, 0.1) is 5.92 Å². The van der Waals surface area contributed by atoms with Gasteiger partial charge in [-0.05, 0) is 30.9 Å². The number of fused-ring (bicyclic) bond motifs is 1. The fraction of sp³-hybridized carbons (Fsp3) is 0.389. The van der Waals surface area contributed by atoms with Crippen molar-refractivity contribution < 1.29 is 14.3 Å². The summed E-state index contributed by atoms with van der Waals surface area (Å²) in [7, 11) is 0. The Bertz CT molecular complexity index is 770. The molecule has 1 fully saturated rings. The molecular formula is C18H20N4O3. The van der Waals surface area contributed by atoms with Gasteiger partial charge in [-0.3, -0.25) is 4.79 Å². The lowest BCUT2D eigenvalue weighted by atomic mass is 9.99. The first-order valence-corrected chi connectivity index (χ1v) is 8.47. The highest BCUT2D eigenvalue weighted by Crippen LogP contribution is 2.34. The van der Waals surface area contributed by atoms with Crippen molar-refractivity contribution >= 4 is 17.5 Å². The van der Waals surface area contributed by atoms with Crippen LogP contribution in [0.4, 0.5) is 11.6 Å². The van der Waals surface area contributed by atoms with Gasteiger partial charge in [0.05, 0.1) is 5.56 Å². The van der Waals surface area contributed by atoms with Crippen LogP contribution in [0.1, 0.15) is 30.1 Å². The molecule has 1 N–H and O–H groups in total. The van der Waals surface area contributed by atoms with E-state index in [9.17, 15) is 4.79 Å². The summed E-state index contributed by atoms with van der Waals surface area (Å²) in [5.41, 5.74) is 1.32. The van der Waals surface area contributed by atoms with Crippen molar-refractivity contribution in [3.05, 3.63) is 36.2 Å². The smallest absolute Gasteiger partial charge is 0.256 e. The Labute approximate surface area is 146 Å². The summed E-state index contributed by atoms with van der Waals surface area (Å²) in [4.78, 5) is 22.9. The number of carbonyl (C=O) groups excluding carboxylic acids is 1. The number of ether oxygens (including phenoxy) is 2. The van der Waals surface area contributed by atoms with E-state index in [1.165, 1.54) is 0 Å². The Morgan fingerprint density at radius 2 is 1.88 bits per heavy atom. The number of anilines is 2. The maximum absolute atomic E-state index is 12.5. The van der Waals surface area contributed by atoms with Gasteiger partial charge in [0.25, 0.3) is 5.91 Å². The summed E-state index contributed by atoms with van der Waals surface area (Å²) in [6.07, 6.45) is 5.25. The number of hydrogen-bond donors (Lipinski definition) is 1. The number of aromatic nitrogens is 2. The number of nitrogens with zero attached hydrogens (tertiary/aromatic N) is 3. The van der Waals surface area contributed by atoms with E-state index in [1.54, 1.807) is 12.4 Å². The lowest BCUT2D eigenvalue weighted by Crippen LogP contribution is -2.38. The average Bonchev–Trinajstić information content (AvgIpc) is 3.10. The third kappa shape index (κ3) is 3.35. The van der Waals surface area contributed by atoms with Crippen LogP contribution >= 0.6 is 0 Å². The molecule has 1 aromatic carbocycles. The normalized spacial score (nSPS) is 16.8. The van der Waals surface area contributed by atoms with Crippen LogP contribution in [-0.2, 0) is 0 Å². The first kappa shape index (κ1) is 15.7. The zero-order chi connectivity index (χ0) is 17.2. The van der Waals surface area contributed by atoms with E-state index in [0.717, 1.165) is 37.4 Å². The molecule has 7 heteroatoms. The second-order valence-electron chi connectivity index (χ2n) is 6.46. The lowest BCUT2D eigenvalue weighted by Gasteiger charge is -2.30. The summed E-state index contributed by atoms with van der Waals surface area (Å²) in [5, 5.41) is 3.10. The van der Waals surface area contributed by atoms with Crippen LogP contribution in [-0.4, -0.2) is 40.7 Å². The molecule has 130 valence electrons. The summed E-state index contributed by atoms with van der Waals surface area (Å²) >= 11 is 0. The molecule has 2 aliphatic heterocycles. The van der Waals surface area contributed by atoms with Gasteiger partial charge in [0.2, 0.25) is 12.7 Å². The van der Waals surface area contributed by atoms with Crippen molar-refractivity contribution in [2.75, 3.05) is 25.2 Å². The number of piperidine rings is 1. The van der Waals surface area contributed by atoms with E-state index in [-0.39, 0.29) is 12.7 Å². The van der Waals surface area contributed by atoms with Gasteiger partial charge in [-0.2, -0.15) is 0 Å². The quantitative estimate of drug-likeness (QED) is 0.926. The molecule has 0 radical (unpaired) electrons. The fourth-order valence-corrected chi connectivity index (χ4v) is 3.00. The number of amides is 1. The topological polar surface area (TPSA) is 76.6 Å². The van der Waals surface area contributed by atoms with Gasteiger partial charge in [0.15, 0.2) is 11.5 Å². The molecule has 1 amide bonds. The zero-order valence-electron chi connectivity index (χ0n) is 14.1. The first-order chi connectivity index (χ1) is 12.2. The highest BCUT2D eigenvalue weighted by atomic mass is 16.7. The van der Waals surface area contributed by atoms with Crippen LogP contribution in [0.2, 0.25) is 0 Å². The molecule has 4 rings (SSSR count). The van der Waals surface area contributed by atoms with Gasteiger partial charge in [-0.1, -0.05) is 6.92 Å². The van der Waals surface area contributed by atoms with Crippen molar-refractivity contribution in [3.8, 4) is 11.5 Å². The van der Waals surface area contributed by atoms with Gasteiger partial charge in [0, 0.05) is 37.2 Å². The van der Waals surface area contributed by atoms with E-state index >= 15 is 0 Å². The van der Waals surface area contributed by atoms with Crippen LogP contribution in [0.5, 0.6) is 11.5 Å². The van der Waals surface area contributed by atoms with E-state index in [0.29, 0.717) is 23.2 Å². The van der Waals surface area contributed by atoms with Gasteiger partial charge < -0.3 is 19.7 Å². The molecule has 0 spiro atoms. The Kier molecular flexibility index (Phi) is 4.13. The molecule has 7 nitrogen and oxygen atoms in total. The number of carbonyl (C=O) groups is 1. The summed E-state index contributed by atoms with van der Waals surface area (Å²) < 4.78 is 10.6. The van der Waals surface area contributed by atoms with E-state index in [1.807, 2.05) is 23.1 Å². The highest BCUT2D eigenvalue weighted by molar-refractivity contribution is 5.93. The molecule has 2 aliphatic rings. The van der Waals surface area contributed by atoms with Gasteiger partial charge >= 0.3 is 0 Å². The Balaban J connectivity index is 1.42. The summed E-state index contributed by atoms with van der Waals surface area (Å²) in [6, 6.07) is 5.53. The van der Waals surface area contributed by atoms with Crippen LogP contribution in [0.15, 0.2) is 30.6 Å². The molecule has 1 saturated heterocycles. The molecule has 25 heavy (non-hydrogen) atoms. The Morgan fingerprint density at radius 1 is 1.16 bits per heavy atom. The lowest BCUT2D eigenvalue weighted by molar-refractivity contribution is 0.0696. The van der Waals surface area contributed by atoms with E-state index in [4.69, 9.17) is 9.47 Å². The van der Waals surface area contributed by atoms with Gasteiger partial charge in [0.1, 0.15) is 0 Å². The zero-order valence-corrected chi connectivity index (χ0v) is 14.1. The molecule has 2 aromatic rings. The largest absolute Gasteiger partial charge is 0.454 e. The minimum Gasteiger partial charge on any atom is -0.454 e. The third-order valence-corrected chi connectivity index (χ3v) is 4.60. The Hall–Kier alpha value is -2.83.